The fourth-order valence-electron chi connectivity index (χ4n) is 1.79. The van der Waals surface area contributed by atoms with Gasteiger partial charge in [0, 0.05) is 35.2 Å². The van der Waals surface area contributed by atoms with Gasteiger partial charge in [0.05, 0.1) is 11.6 Å². The van der Waals surface area contributed by atoms with E-state index in [1.54, 1.807) is 23.5 Å². The van der Waals surface area contributed by atoms with Crippen molar-refractivity contribution in [1.29, 1.82) is 0 Å². The van der Waals surface area contributed by atoms with Crippen LogP contribution in [-0.4, -0.2) is 24.0 Å². The molecule has 2 rings (SSSR count). The van der Waals surface area contributed by atoms with E-state index in [-0.39, 0.29) is 5.91 Å². The molecule has 0 saturated carbocycles. The minimum absolute atomic E-state index is 0.0975. The molecule has 1 aromatic carbocycles. The molecule has 0 spiro atoms. The summed E-state index contributed by atoms with van der Waals surface area (Å²) in [7, 11) is 0. The van der Waals surface area contributed by atoms with Crippen LogP contribution in [0.2, 0.25) is 0 Å². The maximum atomic E-state index is 12.1. The fraction of sp³-hybridized carbons (Fsp3) is 0.250. The molecule has 1 aromatic heterocycles. The molecule has 1 heterocycles. The molecule has 0 radical (unpaired) electrons. The molecule has 0 atom stereocenters. The van der Waals surface area contributed by atoms with E-state index in [4.69, 9.17) is 5.73 Å². The van der Waals surface area contributed by atoms with Gasteiger partial charge in [0.1, 0.15) is 0 Å². The van der Waals surface area contributed by atoms with Crippen molar-refractivity contribution < 1.29 is 4.79 Å². The normalized spacial score (nSPS) is 9.81. The summed E-state index contributed by atoms with van der Waals surface area (Å²) in [6.45, 7) is 2.85. The number of aromatic nitrogens is 1. The maximum Gasteiger partial charge on any atom is 0.251 e. The lowest BCUT2D eigenvalue weighted by Crippen LogP contribution is -2.25. The topological polar surface area (TPSA) is 68.0 Å². The summed E-state index contributed by atoms with van der Waals surface area (Å²) >= 11 is 1.62. The van der Waals surface area contributed by atoms with Crippen LogP contribution in [0.3, 0.4) is 0 Å². The van der Waals surface area contributed by atoms with Crippen LogP contribution in [0.15, 0.2) is 29.6 Å². The average Bonchev–Trinajstić information content (AvgIpc) is 2.91. The van der Waals surface area contributed by atoms with Gasteiger partial charge in [-0.15, -0.1) is 11.3 Å². The Hall–Kier alpha value is -2.16. The zero-order chi connectivity index (χ0) is 15.1. The first-order chi connectivity index (χ1) is 10.2. The predicted octanol–water partition coefficient (Wildman–Crippen LogP) is 1.73. The minimum Gasteiger partial charge on any atom is -0.352 e. The summed E-state index contributed by atoms with van der Waals surface area (Å²) in [6, 6.07) is 7.22. The van der Waals surface area contributed by atoms with Crippen LogP contribution in [0.4, 0.5) is 0 Å². The molecule has 1 amide bonds. The van der Waals surface area contributed by atoms with Gasteiger partial charge in [0.15, 0.2) is 0 Å². The highest BCUT2D eigenvalue weighted by Gasteiger charge is 2.06. The minimum atomic E-state index is -0.0975. The number of nitrogens with zero attached hydrogens (tertiary/aromatic N) is 1. The molecule has 0 aliphatic rings. The van der Waals surface area contributed by atoms with Crippen LogP contribution < -0.4 is 11.1 Å². The van der Waals surface area contributed by atoms with Gasteiger partial charge in [0.25, 0.3) is 5.91 Å². The van der Waals surface area contributed by atoms with Gasteiger partial charge >= 0.3 is 0 Å². The van der Waals surface area contributed by atoms with Gasteiger partial charge in [-0.2, -0.15) is 0 Å². The monoisotopic (exact) mass is 299 g/mol. The Kier molecular flexibility index (Phi) is 5.50. The van der Waals surface area contributed by atoms with Crippen molar-refractivity contribution >= 4 is 17.2 Å². The largest absolute Gasteiger partial charge is 0.352 e. The number of hydrogen-bond acceptors (Lipinski definition) is 4. The van der Waals surface area contributed by atoms with Gasteiger partial charge in [-0.25, -0.2) is 4.98 Å². The summed E-state index contributed by atoms with van der Waals surface area (Å²) in [4.78, 5) is 16.4. The predicted molar refractivity (Wildman–Crippen MR) is 85.3 cm³/mol. The van der Waals surface area contributed by atoms with Crippen molar-refractivity contribution in [2.45, 2.75) is 13.3 Å². The van der Waals surface area contributed by atoms with E-state index < -0.39 is 0 Å². The first kappa shape index (κ1) is 15.2. The van der Waals surface area contributed by atoms with E-state index >= 15 is 0 Å². The summed E-state index contributed by atoms with van der Waals surface area (Å²) in [6.07, 6.45) is 0.747. The van der Waals surface area contributed by atoms with Gasteiger partial charge in [-0.1, -0.05) is 17.9 Å². The molecule has 2 aromatic rings. The zero-order valence-electron chi connectivity index (χ0n) is 11.8. The Morgan fingerprint density at radius 1 is 1.48 bits per heavy atom. The summed E-state index contributed by atoms with van der Waals surface area (Å²) in [5.41, 5.74) is 7.76. The molecule has 0 aliphatic carbocycles. The number of nitrogens with one attached hydrogen (secondary N) is 1. The van der Waals surface area contributed by atoms with Gasteiger partial charge < -0.3 is 11.1 Å². The van der Waals surface area contributed by atoms with Crippen molar-refractivity contribution in [2.24, 2.45) is 5.73 Å². The first-order valence-corrected chi connectivity index (χ1v) is 7.55. The van der Waals surface area contributed by atoms with Crippen molar-refractivity contribution in [3.63, 3.8) is 0 Å². The average molecular weight is 299 g/mol. The highest BCUT2D eigenvalue weighted by atomic mass is 32.1. The fourth-order valence-corrected chi connectivity index (χ4v) is 2.57. The third-order valence-corrected chi connectivity index (χ3v) is 3.78. The zero-order valence-corrected chi connectivity index (χ0v) is 12.7. The van der Waals surface area contributed by atoms with Crippen molar-refractivity contribution in [3.05, 3.63) is 51.5 Å². The molecule has 21 heavy (non-hydrogen) atoms. The number of thiazole rings is 1. The summed E-state index contributed by atoms with van der Waals surface area (Å²) in [5, 5.41) is 5.94. The Labute approximate surface area is 128 Å². The second kappa shape index (κ2) is 7.58. The number of amides is 1. The molecule has 4 nitrogen and oxygen atoms in total. The van der Waals surface area contributed by atoms with Crippen LogP contribution in [0.5, 0.6) is 0 Å². The van der Waals surface area contributed by atoms with Crippen LogP contribution in [-0.2, 0) is 6.42 Å². The molecular formula is C16H17N3OS. The Bertz CT molecular complexity index is 682. The SMILES string of the molecule is Cc1csc(CCNC(=O)c2cccc(C#CCN)c2)n1. The van der Waals surface area contributed by atoms with Crippen molar-refractivity contribution in [3.8, 4) is 11.8 Å². The summed E-state index contributed by atoms with van der Waals surface area (Å²) < 4.78 is 0. The van der Waals surface area contributed by atoms with E-state index in [0.717, 1.165) is 22.7 Å². The Morgan fingerprint density at radius 2 is 2.33 bits per heavy atom. The van der Waals surface area contributed by atoms with Gasteiger partial charge in [0.2, 0.25) is 0 Å². The third kappa shape index (κ3) is 4.71. The lowest BCUT2D eigenvalue weighted by Gasteiger charge is -2.04. The van der Waals surface area contributed by atoms with E-state index in [1.807, 2.05) is 24.4 Å². The van der Waals surface area contributed by atoms with Gasteiger partial charge in [-0.05, 0) is 25.1 Å². The molecule has 0 saturated heterocycles. The molecule has 108 valence electrons. The number of nitrogens with two attached hydrogens (primary N) is 1. The van der Waals surface area contributed by atoms with Crippen LogP contribution in [0.25, 0.3) is 0 Å². The van der Waals surface area contributed by atoms with E-state index in [0.29, 0.717) is 18.7 Å². The molecule has 0 unspecified atom stereocenters. The molecule has 5 heteroatoms. The van der Waals surface area contributed by atoms with E-state index in [2.05, 4.69) is 22.1 Å². The maximum absolute atomic E-state index is 12.1. The van der Waals surface area contributed by atoms with Gasteiger partial charge in [-0.3, -0.25) is 4.79 Å². The lowest BCUT2D eigenvalue weighted by molar-refractivity contribution is 0.0954. The third-order valence-electron chi connectivity index (χ3n) is 2.75. The van der Waals surface area contributed by atoms with Crippen LogP contribution in [0.1, 0.15) is 26.6 Å². The second-order valence-electron chi connectivity index (χ2n) is 4.48. The highest BCUT2D eigenvalue weighted by Crippen LogP contribution is 2.09. The quantitative estimate of drug-likeness (QED) is 0.845. The standard InChI is InChI=1S/C16H17N3OS/c1-12-11-21-15(19-12)7-9-18-16(20)14-6-2-4-13(10-14)5-3-8-17/h2,4,6,10-11H,7-9,17H2,1H3,(H,18,20). The lowest BCUT2D eigenvalue weighted by atomic mass is 10.1. The number of carbonyl (C=O) groups is 1. The second-order valence-corrected chi connectivity index (χ2v) is 5.42. The number of hydrogen-bond donors (Lipinski definition) is 2. The molecular weight excluding hydrogens is 282 g/mol. The number of benzene rings is 1. The number of aryl methyl sites for hydroxylation is 1. The van der Waals surface area contributed by atoms with Crippen LogP contribution >= 0.6 is 11.3 Å². The van der Waals surface area contributed by atoms with E-state index in [1.165, 1.54) is 0 Å². The Morgan fingerprint density at radius 3 is 3.05 bits per heavy atom. The molecule has 0 aliphatic heterocycles. The van der Waals surface area contributed by atoms with Crippen LogP contribution in [0, 0.1) is 18.8 Å². The molecule has 0 bridgehead atoms. The summed E-state index contributed by atoms with van der Waals surface area (Å²) in [5.74, 6) is 5.60. The molecule has 0 fully saturated rings. The van der Waals surface area contributed by atoms with Crippen molar-refractivity contribution in [2.75, 3.05) is 13.1 Å². The smallest absolute Gasteiger partial charge is 0.251 e. The number of carbonyl (C=O) groups excluding carboxylic acids is 1. The number of rotatable bonds is 4. The highest BCUT2D eigenvalue weighted by molar-refractivity contribution is 7.09. The van der Waals surface area contributed by atoms with Crippen molar-refractivity contribution in [1.82, 2.24) is 10.3 Å². The van der Waals surface area contributed by atoms with E-state index in [9.17, 15) is 4.79 Å². The molecule has 3 N–H and O–H groups in total. The first-order valence-electron chi connectivity index (χ1n) is 6.67. The Balaban J connectivity index is 1.91.